The summed E-state index contributed by atoms with van der Waals surface area (Å²) < 4.78 is 18.5. The van der Waals surface area contributed by atoms with Gasteiger partial charge < -0.3 is 15.4 Å². The molecule has 0 radical (unpaired) electrons. The van der Waals surface area contributed by atoms with E-state index < -0.39 is 6.03 Å². The molecule has 0 bridgehead atoms. The van der Waals surface area contributed by atoms with Crippen LogP contribution in [-0.2, 0) is 4.74 Å². The second-order valence-corrected chi connectivity index (χ2v) is 5.11. The van der Waals surface area contributed by atoms with Crippen molar-refractivity contribution in [1.29, 1.82) is 0 Å². The fraction of sp³-hybridized carbons (Fsp3) is 0.500. The zero-order chi connectivity index (χ0) is 13.8. The standard InChI is InChI=1S/C14H19FN2O2/c1-17(14(16)18)7-10-6-12(9-19-8-10)11-2-4-13(15)5-3-11/h2-5,10,12H,6-9H2,1H3,(H2,16,18). The number of halogens is 1. The Morgan fingerprint density at radius 3 is 2.74 bits per heavy atom. The van der Waals surface area contributed by atoms with Crippen LogP contribution in [0.4, 0.5) is 9.18 Å². The van der Waals surface area contributed by atoms with Crippen molar-refractivity contribution in [2.24, 2.45) is 11.7 Å². The van der Waals surface area contributed by atoms with Crippen molar-refractivity contribution in [2.45, 2.75) is 12.3 Å². The molecule has 1 saturated heterocycles. The summed E-state index contributed by atoms with van der Waals surface area (Å²) in [6.45, 7) is 1.87. The molecule has 1 fully saturated rings. The van der Waals surface area contributed by atoms with Gasteiger partial charge >= 0.3 is 6.03 Å². The lowest BCUT2D eigenvalue weighted by molar-refractivity contribution is 0.0314. The van der Waals surface area contributed by atoms with E-state index in [1.807, 2.05) is 0 Å². The molecule has 1 aromatic rings. The highest BCUT2D eigenvalue weighted by Gasteiger charge is 2.25. The summed E-state index contributed by atoms with van der Waals surface area (Å²) >= 11 is 0. The molecule has 1 heterocycles. The van der Waals surface area contributed by atoms with Crippen LogP contribution < -0.4 is 5.73 Å². The number of urea groups is 1. The van der Waals surface area contributed by atoms with Gasteiger partial charge in [0.15, 0.2) is 0 Å². The van der Waals surface area contributed by atoms with E-state index in [0.29, 0.717) is 19.8 Å². The van der Waals surface area contributed by atoms with E-state index in [0.717, 1.165) is 12.0 Å². The Morgan fingerprint density at radius 1 is 1.42 bits per heavy atom. The molecule has 1 aliphatic rings. The smallest absolute Gasteiger partial charge is 0.314 e. The van der Waals surface area contributed by atoms with Crippen molar-refractivity contribution in [3.8, 4) is 0 Å². The van der Waals surface area contributed by atoms with Crippen LogP contribution in [0, 0.1) is 11.7 Å². The van der Waals surface area contributed by atoms with Gasteiger partial charge in [0.1, 0.15) is 5.82 Å². The molecule has 1 aromatic carbocycles. The lowest BCUT2D eigenvalue weighted by Crippen LogP contribution is -2.39. The number of carbonyl (C=O) groups is 1. The number of nitrogens with zero attached hydrogens (tertiary/aromatic N) is 1. The van der Waals surface area contributed by atoms with Gasteiger partial charge in [-0.25, -0.2) is 9.18 Å². The average molecular weight is 266 g/mol. The number of primary amides is 1. The van der Waals surface area contributed by atoms with E-state index >= 15 is 0 Å². The van der Waals surface area contributed by atoms with Gasteiger partial charge in [0.2, 0.25) is 0 Å². The highest BCUT2D eigenvalue weighted by Crippen LogP contribution is 2.29. The minimum Gasteiger partial charge on any atom is -0.380 e. The molecule has 19 heavy (non-hydrogen) atoms. The summed E-state index contributed by atoms with van der Waals surface area (Å²) in [5, 5.41) is 0. The van der Waals surface area contributed by atoms with Crippen LogP contribution in [0.15, 0.2) is 24.3 Å². The molecular weight excluding hydrogens is 247 g/mol. The summed E-state index contributed by atoms with van der Waals surface area (Å²) in [7, 11) is 1.68. The molecular formula is C14H19FN2O2. The van der Waals surface area contributed by atoms with Crippen molar-refractivity contribution < 1.29 is 13.9 Å². The lowest BCUT2D eigenvalue weighted by atomic mass is 9.87. The van der Waals surface area contributed by atoms with Gasteiger partial charge in [-0.1, -0.05) is 12.1 Å². The first-order chi connectivity index (χ1) is 9.06. The normalized spacial score (nSPS) is 23.1. The Bertz CT molecular complexity index is 436. The number of rotatable bonds is 3. The molecule has 104 valence electrons. The molecule has 0 aliphatic carbocycles. The first kappa shape index (κ1) is 13.8. The quantitative estimate of drug-likeness (QED) is 0.909. The number of hydrogen-bond donors (Lipinski definition) is 1. The third-order valence-electron chi connectivity index (χ3n) is 3.54. The fourth-order valence-electron chi connectivity index (χ4n) is 2.49. The first-order valence-corrected chi connectivity index (χ1v) is 6.40. The third-order valence-corrected chi connectivity index (χ3v) is 3.54. The minimum absolute atomic E-state index is 0.231. The summed E-state index contributed by atoms with van der Waals surface area (Å²) in [6, 6.07) is 6.10. The maximum Gasteiger partial charge on any atom is 0.314 e. The summed E-state index contributed by atoms with van der Waals surface area (Å²) in [5.74, 6) is 0.285. The molecule has 2 amide bonds. The summed E-state index contributed by atoms with van der Waals surface area (Å²) in [5.41, 5.74) is 6.30. The van der Waals surface area contributed by atoms with Crippen molar-refractivity contribution in [3.05, 3.63) is 35.6 Å². The van der Waals surface area contributed by atoms with Crippen LogP contribution in [0.25, 0.3) is 0 Å². The molecule has 2 N–H and O–H groups in total. The second-order valence-electron chi connectivity index (χ2n) is 5.11. The van der Waals surface area contributed by atoms with Gasteiger partial charge in [0, 0.05) is 25.4 Å². The van der Waals surface area contributed by atoms with Gasteiger partial charge in [-0.05, 0) is 24.1 Å². The molecule has 0 spiro atoms. The van der Waals surface area contributed by atoms with Crippen molar-refractivity contribution in [1.82, 2.24) is 4.90 Å². The van der Waals surface area contributed by atoms with E-state index in [4.69, 9.17) is 10.5 Å². The van der Waals surface area contributed by atoms with Crippen LogP contribution in [0.3, 0.4) is 0 Å². The van der Waals surface area contributed by atoms with E-state index in [1.165, 1.54) is 17.0 Å². The van der Waals surface area contributed by atoms with Gasteiger partial charge in [0.05, 0.1) is 13.2 Å². The Labute approximate surface area is 112 Å². The molecule has 5 heteroatoms. The Morgan fingerprint density at radius 2 is 2.11 bits per heavy atom. The second kappa shape index (κ2) is 6.02. The Balaban J connectivity index is 1.97. The molecule has 1 aliphatic heterocycles. The molecule has 4 nitrogen and oxygen atoms in total. The topological polar surface area (TPSA) is 55.6 Å². The monoisotopic (exact) mass is 266 g/mol. The largest absolute Gasteiger partial charge is 0.380 e. The van der Waals surface area contributed by atoms with Crippen LogP contribution in [-0.4, -0.2) is 37.7 Å². The average Bonchev–Trinajstić information content (AvgIpc) is 2.39. The van der Waals surface area contributed by atoms with Crippen LogP contribution in [0.1, 0.15) is 17.9 Å². The minimum atomic E-state index is -0.427. The van der Waals surface area contributed by atoms with Gasteiger partial charge in [-0.15, -0.1) is 0 Å². The number of ether oxygens (including phenoxy) is 1. The van der Waals surface area contributed by atoms with Gasteiger partial charge in [0.25, 0.3) is 0 Å². The number of benzene rings is 1. The SMILES string of the molecule is CN(CC1COCC(c2ccc(F)cc2)C1)C(N)=O. The highest BCUT2D eigenvalue weighted by molar-refractivity contribution is 5.71. The number of nitrogens with two attached hydrogens (primary N) is 1. The van der Waals surface area contributed by atoms with Crippen molar-refractivity contribution in [2.75, 3.05) is 26.8 Å². The van der Waals surface area contributed by atoms with Crippen LogP contribution >= 0.6 is 0 Å². The maximum absolute atomic E-state index is 12.9. The zero-order valence-corrected chi connectivity index (χ0v) is 11.0. The fourth-order valence-corrected chi connectivity index (χ4v) is 2.49. The third kappa shape index (κ3) is 3.67. The molecule has 2 atom stereocenters. The van der Waals surface area contributed by atoms with E-state index in [2.05, 4.69) is 0 Å². The predicted molar refractivity (Wildman–Crippen MR) is 70.3 cm³/mol. The van der Waals surface area contributed by atoms with E-state index in [-0.39, 0.29) is 17.7 Å². The zero-order valence-electron chi connectivity index (χ0n) is 11.0. The molecule has 0 saturated carbocycles. The first-order valence-electron chi connectivity index (χ1n) is 6.40. The Hall–Kier alpha value is -1.62. The highest BCUT2D eigenvalue weighted by atomic mass is 19.1. The van der Waals surface area contributed by atoms with E-state index in [9.17, 15) is 9.18 Å². The van der Waals surface area contributed by atoms with E-state index in [1.54, 1.807) is 19.2 Å². The predicted octanol–water partition coefficient (Wildman–Crippen LogP) is 1.96. The molecule has 2 unspecified atom stereocenters. The summed E-state index contributed by atoms with van der Waals surface area (Å²) in [4.78, 5) is 12.5. The van der Waals surface area contributed by atoms with Crippen molar-refractivity contribution in [3.63, 3.8) is 0 Å². The van der Waals surface area contributed by atoms with Crippen LogP contribution in [0.2, 0.25) is 0 Å². The molecule has 2 rings (SSSR count). The molecule has 0 aromatic heterocycles. The van der Waals surface area contributed by atoms with Gasteiger partial charge in [-0.3, -0.25) is 0 Å². The lowest BCUT2D eigenvalue weighted by Gasteiger charge is -2.31. The van der Waals surface area contributed by atoms with Gasteiger partial charge in [-0.2, -0.15) is 0 Å². The number of hydrogen-bond acceptors (Lipinski definition) is 2. The number of carbonyl (C=O) groups excluding carboxylic acids is 1. The summed E-state index contributed by atoms with van der Waals surface area (Å²) in [6.07, 6.45) is 0.920. The number of amides is 2. The maximum atomic E-state index is 12.9. The Kier molecular flexibility index (Phi) is 4.37. The van der Waals surface area contributed by atoms with Crippen LogP contribution in [0.5, 0.6) is 0 Å². The van der Waals surface area contributed by atoms with Crippen molar-refractivity contribution >= 4 is 6.03 Å².